The van der Waals surface area contributed by atoms with Crippen molar-refractivity contribution in [1.82, 2.24) is 0 Å². The molecule has 2 saturated carbocycles. The third-order valence-corrected chi connectivity index (χ3v) is 9.10. The van der Waals surface area contributed by atoms with Crippen molar-refractivity contribution in [2.75, 3.05) is 20.8 Å². The lowest BCUT2D eigenvalue weighted by atomic mass is 9.87. The molecular formula is C20H35NO5Si. The first-order valence-corrected chi connectivity index (χ1v) is 12.8. The van der Waals surface area contributed by atoms with Gasteiger partial charge in [0.15, 0.2) is 0 Å². The van der Waals surface area contributed by atoms with Crippen molar-refractivity contribution in [3.8, 4) is 0 Å². The van der Waals surface area contributed by atoms with Crippen LogP contribution in [0, 0.1) is 12.5 Å². The van der Waals surface area contributed by atoms with Crippen molar-refractivity contribution in [2.24, 2.45) is 5.92 Å². The summed E-state index contributed by atoms with van der Waals surface area (Å²) in [6.07, 6.45) is 8.15. The van der Waals surface area contributed by atoms with Gasteiger partial charge in [0.05, 0.1) is 12.0 Å². The average Bonchev–Trinajstić information content (AvgIpc) is 2.72. The van der Waals surface area contributed by atoms with Crippen LogP contribution in [-0.4, -0.2) is 53.6 Å². The molecule has 2 aliphatic rings. The molecule has 0 aromatic rings. The molecule has 2 fully saturated rings. The predicted molar refractivity (Wildman–Crippen MR) is 105 cm³/mol. The van der Waals surface area contributed by atoms with Gasteiger partial charge in [0, 0.05) is 33.7 Å². The zero-order chi connectivity index (χ0) is 19.7. The molecule has 0 unspecified atom stereocenters. The molecular weight excluding hydrogens is 362 g/mol. The Balaban J connectivity index is 1.59. The van der Waals surface area contributed by atoms with Gasteiger partial charge in [-0.15, -0.1) is 0 Å². The molecule has 2 rings (SSSR count). The maximum Gasteiger partial charge on any atom is 0.334 e. The number of carbonyl (C=O) groups excluding carboxylic acids is 1. The predicted octanol–water partition coefficient (Wildman–Crippen LogP) is 4.09. The Morgan fingerprint density at radius 1 is 1.00 bits per heavy atom. The minimum absolute atomic E-state index is 0.0149. The maximum atomic E-state index is 12.4. The van der Waals surface area contributed by atoms with E-state index < -0.39 is 8.56 Å². The summed E-state index contributed by atoms with van der Waals surface area (Å²) in [5, 5.41) is 0. The molecule has 0 saturated heterocycles. The van der Waals surface area contributed by atoms with Gasteiger partial charge in [0.25, 0.3) is 0 Å². The molecule has 0 bridgehead atoms. The van der Waals surface area contributed by atoms with E-state index >= 15 is 0 Å². The molecule has 0 heterocycles. The third kappa shape index (κ3) is 7.19. The Kier molecular flexibility index (Phi) is 9.23. The normalized spacial score (nSPS) is 29.1. The number of nitrogens with zero attached hydrogens (tertiary/aromatic N) is 1. The van der Waals surface area contributed by atoms with Crippen LogP contribution in [0.3, 0.4) is 0 Å². The van der Waals surface area contributed by atoms with Gasteiger partial charge in [-0.05, 0) is 57.5 Å². The summed E-state index contributed by atoms with van der Waals surface area (Å²) in [4.78, 5) is 16.0. The van der Waals surface area contributed by atoms with Gasteiger partial charge in [0.1, 0.15) is 6.10 Å². The van der Waals surface area contributed by atoms with Gasteiger partial charge in [-0.2, -0.15) is 0 Å². The van der Waals surface area contributed by atoms with Crippen LogP contribution in [0.15, 0.2) is 0 Å². The van der Waals surface area contributed by atoms with E-state index in [0.29, 0.717) is 0 Å². The molecule has 27 heavy (non-hydrogen) atoms. The SMILES string of the molecule is [C-]#[N+]C1CCC(OC(=O)C2CCC(OCCC[Si](C)(OC)OC)CC2)CC1. The second-order valence-electron chi connectivity index (χ2n) is 7.99. The number of rotatable bonds is 9. The Morgan fingerprint density at radius 3 is 2.15 bits per heavy atom. The topological polar surface area (TPSA) is 58.4 Å². The van der Waals surface area contributed by atoms with E-state index in [2.05, 4.69) is 11.4 Å². The minimum Gasteiger partial charge on any atom is -0.462 e. The fourth-order valence-electron chi connectivity index (χ4n) is 3.95. The van der Waals surface area contributed by atoms with Gasteiger partial charge >= 0.3 is 14.5 Å². The van der Waals surface area contributed by atoms with E-state index in [0.717, 1.165) is 70.4 Å². The van der Waals surface area contributed by atoms with Gasteiger partial charge in [-0.1, -0.05) is 0 Å². The second-order valence-corrected chi connectivity index (χ2v) is 11.6. The van der Waals surface area contributed by atoms with Crippen LogP contribution in [0.25, 0.3) is 4.85 Å². The molecule has 0 spiro atoms. The highest BCUT2D eigenvalue weighted by Crippen LogP contribution is 2.30. The lowest BCUT2D eigenvalue weighted by Gasteiger charge is -2.30. The zero-order valence-corrected chi connectivity index (χ0v) is 18.1. The molecule has 6 nitrogen and oxygen atoms in total. The molecule has 0 radical (unpaired) electrons. The van der Waals surface area contributed by atoms with Crippen molar-refractivity contribution in [3.63, 3.8) is 0 Å². The third-order valence-electron chi connectivity index (χ3n) is 6.11. The molecule has 154 valence electrons. The number of hydrogen-bond acceptors (Lipinski definition) is 5. The highest BCUT2D eigenvalue weighted by atomic mass is 28.4. The molecule has 0 aliphatic heterocycles. The van der Waals surface area contributed by atoms with Gasteiger partial charge in [-0.25, -0.2) is 6.57 Å². The van der Waals surface area contributed by atoms with Crippen LogP contribution < -0.4 is 0 Å². The van der Waals surface area contributed by atoms with E-state index in [1.165, 1.54) is 0 Å². The number of hydrogen-bond donors (Lipinski definition) is 0. The molecule has 0 aromatic carbocycles. The summed E-state index contributed by atoms with van der Waals surface area (Å²) in [5.74, 6) is -0.0252. The summed E-state index contributed by atoms with van der Waals surface area (Å²) in [6, 6.07) is 1.05. The number of ether oxygens (including phenoxy) is 2. The number of carbonyl (C=O) groups is 1. The van der Waals surface area contributed by atoms with Crippen molar-refractivity contribution in [2.45, 2.75) is 88.6 Å². The van der Waals surface area contributed by atoms with Crippen molar-refractivity contribution >= 4 is 14.5 Å². The van der Waals surface area contributed by atoms with Crippen LogP contribution in [0.1, 0.15) is 57.8 Å². The first-order valence-electron chi connectivity index (χ1n) is 10.3. The number of esters is 1. The molecule has 0 N–H and O–H groups in total. The van der Waals surface area contributed by atoms with E-state index in [1.807, 2.05) is 0 Å². The zero-order valence-electron chi connectivity index (χ0n) is 17.1. The summed E-state index contributed by atoms with van der Waals surface area (Å²) < 4.78 is 22.7. The molecule has 0 aromatic heterocycles. The first kappa shape index (κ1) is 22.3. The van der Waals surface area contributed by atoms with Crippen LogP contribution >= 0.6 is 0 Å². The average molecular weight is 398 g/mol. The summed E-state index contributed by atoms with van der Waals surface area (Å²) in [5.41, 5.74) is 0. The smallest absolute Gasteiger partial charge is 0.334 e. The minimum atomic E-state index is -2.00. The fraction of sp³-hybridized carbons (Fsp3) is 0.900. The van der Waals surface area contributed by atoms with Crippen molar-refractivity contribution < 1.29 is 23.1 Å². The largest absolute Gasteiger partial charge is 0.462 e. The van der Waals surface area contributed by atoms with Crippen LogP contribution in [0.2, 0.25) is 12.6 Å². The van der Waals surface area contributed by atoms with E-state index in [-0.39, 0.29) is 30.1 Å². The van der Waals surface area contributed by atoms with Gasteiger partial charge in [0.2, 0.25) is 6.04 Å². The molecule has 2 aliphatic carbocycles. The lowest BCUT2D eigenvalue weighted by Crippen LogP contribution is -2.36. The molecule has 7 heteroatoms. The maximum absolute atomic E-state index is 12.4. The van der Waals surface area contributed by atoms with E-state index in [1.54, 1.807) is 14.2 Å². The Hall–Kier alpha value is -0.943. The monoisotopic (exact) mass is 397 g/mol. The van der Waals surface area contributed by atoms with Gasteiger partial charge < -0.3 is 23.2 Å². The first-order chi connectivity index (χ1) is 13.0. The van der Waals surface area contributed by atoms with Crippen LogP contribution in [-0.2, 0) is 23.1 Å². The Labute approximate surface area is 165 Å². The van der Waals surface area contributed by atoms with Crippen LogP contribution in [0.4, 0.5) is 0 Å². The highest BCUT2D eigenvalue weighted by Gasteiger charge is 2.32. The Bertz CT molecular complexity index is 489. The summed E-state index contributed by atoms with van der Waals surface area (Å²) in [6.45, 7) is 9.88. The van der Waals surface area contributed by atoms with E-state index in [4.69, 9.17) is 24.9 Å². The molecule has 0 atom stereocenters. The fourth-order valence-corrected chi connectivity index (χ4v) is 5.31. The summed E-state index contributed by atoms with van der Waals surface area (Å²) in [7, 11) is 1.44. The summed E-state index contributed by atoms with van der Waals surface area (Å²) >= 11 is 0. The Morgan fingerprint density at radius 2 is 1.59 bits per heavy atom. The quantitative estimate of drug-likeness (QED) is 0.254. The van der Waals surface area contributed by atoms with Crippen molar-refractivity contribution in [3.05, 3.63) is 11.4 Å². The highest BCUT2D eigenvalue weighted by molar-refractivity contribution is 6.65. The molecule has 0 amide bonds. The lowest BCUT2D eigenvalue weighted by molar-refractivity contribution is -0.157. The second kappa shape index (κ2) is 11.2. The van der Waals surface area contributed by atoms with Gasteiger partial charge in [-0.3, -0.25) is 4.79 Å². The van der Waals surface area contributed by atoms with Crippen LogP contribution in [0.5, 0.6) is 0 Å². The standard InChI is InChI=1S/C20H35NO5Si/c1-21-17-8-12-19(13-9-17)26-20(22)16-6-10-18(11-7-16)25-14-5-15-27(4,23-2)24-3/h16-19H,5-15H2,2-4H3. The van der Waals surface area contributed by atoms with Crippen molar-refractivity contribution in [1.29, 1.82) is 0 Å². The van der Waals surface area contributed by atoms with E-state index in [9.17, 15) is 4.79 Å².